The number of methoxy groups -OCH3 is 1. The van der Waals surface area contributed by atoms with Crippen LogP contribution in [0, 0.1) is 0 Å². The third-order valence-electron chi connectivity index (χ3n) is 7.68. The standard InChI is InChI=1S/C33H54N2O8Si/c1-6-7-8-10-15-25(16-11-9-12-18-27(36)31(34)37)43-33(39)26-17-14-21-35(26)32(38)30-28(40-2)19-13-20-29(30)42-24-41-22-23-44(3,4)5/h13-14,19-21,25-27,36H,6-12,15-18,22-24H2,1-5H3,(H2,34,37)/t25-,26+,27-/m1/s1. The lowest BCUT2D eigenvalue weighted by atomic mass is 10.0. The van der Waals surface area contributed by atoms with Crippen LogP contribution in [-0.4, -0.2) is 74.6 Å². The number of nitrogens with zero attached hydrogens (tertiary/aromatic N) is 1. The van der Waals surface area contributed by atoms with E-state index < -0.39 is 38.0 Å². The predicted octanol–water partition coefficient (Wildman–Crippen LogP) is 5.79. The molecule has 0 spiro atoms. The van der Waals surface area contributed by atoms with Crippen LogP contribution in [-0.2, 0) is 19.1 Å². The highest BCUT2D eigenvalue weighted by Crippen LogP contribution is 2.32. The van der Waals surface area contributed by atoms with Gasteiger partial charge in [0.05, 0.1) is 7.11 Å². The highest BCUT2D eigenvalue weighted by Gasteiger charge is 2.36. The first-order valence-corrected chi connectivity index (χ1v) is 19.7. The summed E-state index contributed by atoms with van der Waals surface area (Å²) in [5.41, 5.74) is 5.36. The van der Waals surface area contributed by atoms with E-state index in [9.17, 15) is 19.5 Å². The number of hydrogen-bond donors (Lipinski definition) is 2. The Balaban J connectivity index is 2.07. The SMILES string of the molecule is CCCCCC[C@H](CCCCC[C@@H](O)C(N)=O)OC(=O)[C@@H]1CC=CN1C(=O)c1c(OC)cccc1OCOCC[Si](C)(C)C. The number of hydrogen-bond acceptors (Lipinski definition) is 8. The molecule has 1 aromatic carbocycles. The Hall–Kier alpha value is -2.89. The summed E-state index contributed by atoms with van der Waals surface area (Å²) in [4.78, 5) is 39.8. The van der Waals surface area contributed by atoms with Crippen molar-refractivity contribution in [3.63, 3.8) is 0 Å². The number of benzene rings is 1. The monoisotopic (exact) mass is 634 g/mol. The maximum atomic E-state index is 13.9. The molecule has 1 heterocycles. The van der Waals surface area contributed by atoms with Gasteiger partial charge in [-0.15, -0.1) is 0 Å². The van der Waals surface area contributed by atoms with Crippen molar-refractivity contribution >= 4 is 25.9 Å². The average molecular weight is 635 g/mol. The van der Waals surface area contributed by atoms with Crippen LogP contribution in [0.25, 0.3) is 0 Å². The molecule has 0 unspecified atom stereocenters. The number of carbonyl (C=O) groups is 3. The first kappa shape index (κ1) is 37.3. The number of nitrogens with two attached hydrogens (primary N) is 1. The molecule has 0 saturated heterocycles. The van der Waals surface area contributed by atoms with Crippen LogP contribution in [0.3, 0.4) is 0 Å². The highest BCUT2D eigenvalue weighted by molar-refractivity contribution is 6.76. The summed E-state index contributed by atoms with van der Waals surface area (Å²) in [5, 5.41) is 9.63. The quantitative estimate of drug-likeness (QED) is 0.0707. The summed E-state index contributed by atoms with van der Waals surface area (Å²) in [6, 6.07) is 5.34. The molecular formula is C33H54N2O8Si. The van der Waals surface area contributed by atoms with Crippen LogP contribution in [0.2, 0.25) is 25.7 Å². The Labute approximate surface area is 264 Å². The van der Waals surface area contributed by atoms with E-state index in [-0.39, 0.29) is 18.5 Å². The Morgan fingerprint density at radius 2 is 1.68 bits per heavy atom. The normalized spacial score (nSPS) is 16.0. The van der Waals surface area contributed by atoms with Crippen molar-refractivity contribution < 1.29 is 38.4 Å². The van der Waals surface area contributed by atoms with Crippen LogP contribution in [0.1, 0.15) is 87.9 Å². The second kappa shape index (κ2) is 19.5. The molecule has 1 aromatic rings. The molecule has 0 aromatic heterocycles. The average Bonchev–Trinajstić information content (AvgIpc) is 3.48. The number of esters is 1. The Kier molecular flexibility index (Phi) is 16.5. The highest BCUT2D eigenvalue weighted by atomic mass is 28.3. The zero-order chi connectivity index (χ0) is 32.5. The van der Waals surface area contributed by atoms with Gasteiger partial charge in [0, 0.05) is 20.9 Å². The van der Waals surface area contributed by atoms with Gasteiger partial charge in [0.15, 0.2) is 6.79 Å². The lowest BCUT2D eigenvalue weighted by molar-refractivity contribution is -0.154. The molecule has 248 valence electrons. The minimum absolute atomic E-state index is 0.000435. The minimum Gasteiger partial charge on any atom is -0.496 e. The van der Waals surface area contributed by atoms with Crippen molar-refractivity contribution in [3.05, 3.63) is 36.0 Å². The lowest BCUT2D eigenvalue weighted by Crippen LogP contribution is -2.41. The van der Waals surface area contributed by atoms with Gasteiger partial charge in [-0.05, 0) is 56.7 Å². The van der Waals surface area contributed by atoms with Gasteiger partial charge in [0.2, 0.25) is 5.91 Å². The van der Waals surface area contributed by atoms with E-state index in [4.69, 9.17) is 24.7 Å². The van der Waals surface area contributed by atoms with E-state index in [1.54, 1.807) is 30.5 Å². The van der Waals surface area contributed by atoms with E-state index in [0.717, 1.165) is 51.0 Å². The van der Waals surface area contributed by atoms with Crippen LogP contribution in [0.5, 0.6) is 11.5 Å². The smallest absolute Gasteiger partial charge is 0.329 e. The second-order valence-electron chi connectivity index (χ2n) is 12.6. The van der Waals surface area contributed by atoms with Crippen molar-refractivity contribution in [1.29, 1.82) is 0 Å². The molecule has 1 aliphatic rings. The molecule has 0 saturated carbocycles. The molecule has 0 fully saturated rings. The first-order chi connectivity index (χ1) is 21.0. The fourth-order valence-electron chi connectivity index (χ4n) is 4.96. The number of primary amides is 1. The van der Waals surface area contributed by atoms with Crippen LogP contribution in [0.4, 0.5) is 0 Å². The number of carbonyl (C=O) groups excluding carboxylic acids is 3. The fourth-order valence-corrected chi connectivity index (χ4v) is 5.71. The van der Waals surface area contributed by atoms with Gasteiger partial charge in [0.1, 0.15) is 35.3 Å². The molecule has 0 radical (unpaired) electrons. The Morgan fingerprint density at radius 3 is 2.32 bits per heavy atom. The fraction of sp³-hybridized carbons (Fsp3) is 0.667. The molecular weight excluding hydrogens is 580 g/mol. The lowest BCUT2D eigenvalue weighted by Gasteiger charge is -2.26. The minimum atomic E-state index is -1.25. The number of aliphatic hydroxyl groups is 1. The molecule has 3 atom stereocenters. The van der Waals surface area contributed by atoms with Gasteiger partial charge in [-0.25, -0.2) is 4.79 Å². The van der Waals surface area contributed by atoms with Crippen molar-refractivity contribution in [3.8, 4) is 11.5 Å². The van der Waals surface area contributed by atoms with Gasteiger partial charge < -0.3 is 34.7 Å². The third-order valence-corrected chi connectivity index (χ3v) is 9.38. The maximum absolute atomic E-state index is 13.9. The van der Waals surface area contributed by atoms with Gasteiger partial charge in [0.25, 0.3) is 5.91 Å². The summed E-state index contributed by atoms with van der Waals surface area (Å²) in [6.07, 6.45) is 10.5. The zero-order valence-electron chi connectivity index (χ0n) is 27.3. The predicted molar refractivity (Wildman–Crippen MR) is 173 cm³/mol. The molecule has 3 N–H and O–H groups in total. The largest absolute Gasteiger partial charge is 0.496 e. The molecule has 44 heavy (non-hydrogen) atoms. The first-order valence-electron chi connectivity index (χ1n) is 16.0. The van der Waals surface area contributed by atoms with Crippen molar-refractivity contribution in [2.24, 2.45) is 5.73 Å². The maximum Gasteiger partial charge on any atom is 0.329 e. The van der Waals surface area contributed by atoms with E-state index in [0.29, 0.717) is 43.8 Å². The van der Waals surface area contributed by atoms with Gasteiger partial charge >= 0.3 is 5.97 Å². The molecule has 1 aliphatic heterocycles. The van der Waals surface area contributed by atoms with Gasteiger partial charge in [-0.1, -0.05) is 70.8 Å². The van der Waals surface area contributed by atoms with Crippen LogP contribution < -0.4 is 15.2 Å². The summed E-state index contributed by atoms with van der Waals surface area (Å²) in [7, 11) is 0.243. The zero-order valence-corrected chi connectivity index (χ0v) is 28.3. The molecule has 0 bridgehead atoms. The second-order valence-corrected chi connectivity index (χ2v) is 18.2. The van der Waals surface area contributed by atoms with E-state index in [1.165, 1.54) is 12.0 Å². The van der Waals surface area contributed by atoms with Crippen molar-refractivity contribution in [1.82, 2.24) is 4.90 Å². The number of aliphatic hydroxyl groups excluding tert-OH is 1. The molecule has 10 nitrogen and oxygen atoms in total. The van der Waals surface area contributed by atoms with E-state index in [1.807, 2.05) is 0 Å². The third kappa shape index (κ3) is 13.0. The van der Waals surface area contributed by atoms with Crippen LogP contribution >= 0.6 is 0 Å². The van der Waals surface area contributed by atoms with E-state index in [2.05, 4.69) is 26.6 Å². The van der Waals surface area contributed by atoms with Gasteiger partial charge in [-0.3, -0.25) is 9.59 Å². The van der Waals surface area contributed by atoms with Crippen molar-refractivity contribution in [2.45, 2.75) is 121 Å². The molecule has 2 rings (SSSR count). The summed E-state index contributed by atoms with van der Waals surface area (Å²) >= 11 is 0. The number of ether oxygens (including phenoxy) is 4. The molecule has 2 amide bonds. The number of unbranched alkanes of at least 4 members (excludes halogenated alkanes) is 5. The number of amides is 2. The van der Waals surface area contributed by atoms with Crippen LogP contribution in [0.15, 0.2) is 30.5 Å². The summed E-state index contributed by atoms with van der Waals surface area (Å²) in [6.45, 7) is 9.56. The molecule has 0 aliphatic carbocycles. The molecule has 11 heteroatoms. The van der Waals surface area contributed by atoms with Gasteiger partial charge in [-0.2, -0.15) is 0 Å². The van der Waals surface area contributed by atoms with Crippen molar-refractivity contribution in [2.75, 3.05) is 20.5 Å². The Morgan fingerprint density at radius 1 is 1.02 bits per heavy atom. The summed E-state index contributed by atoms with van der Waals surface area (Å²) < 4.78 is 23.1. The van der Waals surface area contributed by atoms with E-state index >= 15 is 0 Å². The topological polar surface area (TPSA) is 138 Å². The Bertz CT molecular complexity index is 1070. The number of rotatable bonds is 22. The summed E-state index contributed by atoms with van der Waals surface area (Å²) in [5.74, 6) is -0.903.